The number of aromatic nitrogens is 1. The average Bonchev–Trinajstić information content (AvgIpc) is 3.34. The molecule has 0 radical (unpaired) electrons. The van der Waals surface area contributed by atoms with Gasteiger partial charge in [0.05, 0.1) is 0 Å². The van der Waals surface area contributed by atoms with Crippen molar-refractivity contribution in [3.8, 4) is 0 Å². The largest absolute Gasteiger partial charge is 0.368 e. The van der Waals surface area contributed by atoms with Crippen molar-refractivity contribution in [2.75, 3.05) is 44.2 Å². The fourth-order valence-electron chi connectivity index (χ4n) is 5.40. The molecule has 2 fully saturated rings. The number of sulfonamides is 1. The number of nitrogens with zero attached hydrogens (tertiary/aromatic N) is 4. The van der Waals surface area contributed by atoms with Crippen molar-refractivity contribution in [1.82, 2.24) is 14.4 Å². The zero-order chi connectivity index (χ0) is 28.4. The maximum Gasteiger partial charge on any atom is 0.248 e. The van der Waals surface area contributed by atoms with Crippen molar-refractivity contribution >= 4 is 45.4 Å². The quantitative estimate of drug-likeness (QED) is 0.404. The van der Waals surface area contributed by atoms with Crippen LogP contribution < -0.4 is 4.90 Å². The molecule has 1 amide bonds. The zero-order valence-electron chi connectivity index (χ0n) is 22.5. The van der Waals surface area contributed by atoms with Crippen molar-refractivity contribution in [2.24, 2.45) is 5.92 Å². The second-order valence-corrected chi connectivity index (χ2v) is 12.5. The molecule has 5 rings (SSSR count). The number of piperazine rings is 1. The summed E-state index contributed by atoms with van der Waals surface area (Å²) in [6.07, 6.45) is 3.77. The minimum Gasteiger partial charge on any atom is -0.368 e. The summed E-state index contributed by atoms with van der Waals surface area (Å²) in [5.74, 6) is -0.525. The molecule has 40 heavy (non-hydrogen) atoms. The van der Waals surface area contributed by atoms with Crippen LogP contribution in [0.1, 0.15) is 35.4 Å². The number of carbonyl (C=O) groups excluding carboxylic acids is 1. The number of piperidine rings is 1. The van der Waals surface area contributed by atoms with E-state index in [1.807, 2.05) is 23.1 Å². The summed E-state index contributed by atoms with van der Waals surface area (Å²) < 4.78 is 47.9. The molecule has 1 aromatic heterocycles. The van der Waals surface area contributed by atoms with Crippen molar-refractivity contribution in [1.29, 1.82) is 0 Å². The average molecular weight is 587 g/mol. The lowest BCUT2D eigenvalue weighted by Gasteiger charge is -2.39. The van der Waals surface area contributed by atoms with Gasteiger partial charge in [0, 0.05) is 61.5 Å². The lowest BCUT2D eigenvalue weighted by Crippen LogP contribution is -2.52. The number of hydrogen-bond donors (Lipinski definition) is 0. The molecule has 11 heteroatoms. The molecule has 212 valence electrons. The van der Waals surface area contributed by atoms with E-state index in [1.165, 1.54) is 22.5 Å². The van der Waals surface area contributed by atoms with E-state index < -0.39 is 15.8 Å². The van der Waals surface area contributed by atoms with Crippen molar-refractivity contribution in [2.45, 2.75) is 31.6 Å². The van der Waals surface area contributed by atoms with Gasteiger partial charge in [0.1, 0.15) is 11.5 Å². The highest BCUT2D eigenvalue weighted by Gasteiger charge is 2.37. The maximum absolute atomic E-state index is 14.0. The Morgan fingerprint density at radius 3 is 2.42 bits per heavy atom. The van der Waals surface area contributed by atoms with Crippen LogP contribution in [0.4, 0.5) is 10.1 Å². The van der Waals surface area contributed by atoms with Crippen molar-refractivity contribution in [3.05, 3.63) is 75.9 Å². The number of anilines is 1. The van der Waals surface area contributed by atoms with Gasteiger partial charge >= 0.3 is 0 Å². The molecular formula is C29H32ClFN4O4S. The Labute approximate surface area is 239 Å². The van der Waals surface area contributed by atoms with Crippen LogP contribution in [0.25, 0.3) is 12.2 Å². The van der Waals surface area contributed by atoms with Gasteiger partial charge in [-0.2, -0.15) is 4.31 Å². The number of benzene rings is 2. The first-order valence-electron chi connectivity index (χ1n) is 13.3. The van der Waals surface area contributed by atoms with Crippen LogP contribution in [0, 0.1) is 25.6 Å². The Morgan fingerprint density at radius 2 is 1.73 bits per heavy atom. The smallest absolute Gasteiger partial charge is 0.248 e. The van der Waals surface area contributed by atoms with E-state index in [-0.39, 0.29) is 41.3 Å². The van der Waals surface area contributed by atoms with Crippen LogP contribution in [0.5, 0.6) is 0 Å². The highest BCUT2D eigenvalue weighted by atomic mass is 35.5. The number of rotatable bonds is 6. The molecular weight excluding hydrogens is 555 g/mol. The van der Waals surface area contributed by atoms with Gasteiger partial charge in [-0.3, -0.25) is 4.79 Å². The van der Waals surface area contributed by atoms with Crippen LogP contribution >= 0.6 is 11.6 Å². The minimum atomic E-state index is -3.92. The number of aryl methyl sites for hydroxylation is 2. The summed E-state index contributed by atoms with van der Waals surface area (Å²) in [6.45, 7) is 6.73. The van der Waals surface area contributed by atoms with Crippen LogP contribution in [0.15, 0.2) is 51.9 Å². The highest BCUT2D eigenvalue weighted by Crippen LogP contribution is 2.31. The minimum absolute atomic E-state index is 0.0303. The molecule has 2 saturated heterocycles. The molecule has 0 aliphatic carbocycles. The molecule has 0 saturated carbocycles. The van der Waals surface area contributed by atoms with Gasteiger partial charge in [0.2, 0.25) is 15.9 Å². The molecule has 0 spiro atoms. The topological polar surface area (TPSA) is 87.0 Å². The fraction of sp³-hybridized carbons (Fsp3) is 0.379. The zero-order valence-corrected chi connectivity index (χ0v) is 24.1. The van der Waals surface area contributed by atoms with Crippen LogP contribution in [-0.2, 0) is 14.8 Å². The lowest BCUT2D eigenvalue weighted by atomic mass is 9.96. The van der Waals surface area contributed by atoms with Gasteiger partial charge in [-0.1, -0.05) is 41.0 Å². The molecule has 2 aliphatic heterocycles. The Balaban J connectivity index is 1.21. The monoisotopic (exact) mass is 586 g/mol. The van der Waals surface area contributed by atoms with Gasteiger partial charge in [0.25, 0.3) is 0 Å². The van der Waals surface area contributed by atoms with E-state index in [4.69, 9.17) is 16.1 Å². The third kappa shape index (κ3) is 5.80. The van der Waals surface area contributed by atoms with E-state index >= 15 is 0 Å². The molecule has 0 unspecified atom stereocenters. The van der Waals surface area contributed by atoms with Crippen molar-refractivity contribution in [3.63, 3.8) is 0 Å². The molecule has 8 nitrogen and oxygen atoms in total. The van der Waals surface area contributed by atoms with E-state index in [1.54, 1.807) is 25.1 Å². The molecule has 3 heterocycles. The second-order valence-electron chi connectivity index (χ2n) is 10.2. The van der Waals surface area contributed by atoms with E-state index in [0.29, 0.717) is 36.5 Å². The van der Waals surface area contributed by atoms with Gasteiger partial charge in [-0.05, 0) is 62.6 Å². The van der Waals surface area contributed by atoms with E-state index in [9.17, 15) is 17.6 Å². The first-order valence-corrected chi connectivity index (χ1v) is 15.2. The molecule has 3 aromatic rings. The predicted molar refractivity (Wildman–Crippen MR) is 153 cm³/mol. The first-order chi connectivity index (χ1) is 19.1. The van der Waals surface area contributed by atoms with Gasteiger partial charge < -0.3 is 14.3 Å². The normalized spacial score (nSPS) is 17.6. The Hall–Kier alpha value is -3.21. The number of halogens is 2. The summed E-state index contributed by atoms with van der Waals surface area (Å²) in [7, 11) is -3.92. The Bertz CT molecular complexity index is 1520. The molecule has 0 atom stereocenters. The number of amides is 1. The van der Waals surface area contributed by atoms with Gasteiger partial charge in [0.15, 0.2) is 10.7 Å². The summed E-state index contributed by atoms with van der Waals surface area (Å²) in [5.41, 5.74) is 2.78. The predicted octanol–water partition coefficient (Wildman–Crippen LogP) is 5.00. The lowest BCUT2D eigenvalue weighted by molar-refractivity contribution is -0.137. The fourth-order valence-corrected chi connectivity index (χ4v) is 7.28. The number of hydrogen-bond acceptors (Lipinski definition) is 6. The molecule has 2 aromatic carbocycles. The third-order valence-electron chi connectivity index (χ3n) is 7.66. The summed E-state index contributed by atoms with van der Waals surface area (Å²) in [5, 5.41) is 4.55. The number of carbonyl (C=O) groups is 1. The SMILES string of the molecule is Cc1ccc(Cl)cc1N1CCN(C(=O)C2CCN(S(=O)(=O)c3c(C)noc3C=Cc3ccccc3F)CC2)CC1. The molecule has 2 aliphatic rings. The van der Waals surface area contributed by atoms with Crippen LogP contribution in [-0.4, -0.2) is 68.0 Å². The molecule has 0 bridgehead atoms. The summed E-state index contributed by atoms with van der Waals surface area (Å²) in [6, 6.07) is 12.0. The molecule has 0 N–H and O–H groups in total. The Morgan fingerprint density at radius 1 is 1.02 bits per heavy atom. The first kappa shape index (κ1) is 28.3. The van der Waals surface area contributed by atoms with Crippen LogP contribution in [0.3, 0.4) is 0 Å². The van der Waals surface area contributed by atoms with E-state index in [2.05, 4.69) is 17.0 Å². The van der Waals surface area contributed by atoms with Crippen molar-refractivity contribution < 1.29 is 22.1 Å². The van der Waals surface area contributed by atoms with Gasteiger partial charge in [-0.25, -0.2) is 12.8 Å². The standard InChI is InChI=1S/C29H32ClFN4O4S/c1-20-7-9-24(30)19-26(20)33-15-17-34(18-16-33)29(36)23-11-13-35(14-12-23)40(37,38)28-21(2)32-39-27(28)10-8-22-5-3-4-6-25(22)31/h3-10,19,23H,11-18H2,1-2H3. The summed E-state index contributed by atoms with van der Waals surface area (Å²) in [4.78, 5) is 17.4. The maximum atomic E-state index is 14.0. The summed E-state index contributed by atoms with van der Waals surface area (Å²) >= 11 is 6.19. The second kappa shape index (κ2) is 11.7. The van der Waals surface area contributed by atoms with Gasteiger partial charge in [-0.15, -0.1) is 0 Å². The third-order valence-corrected chi connectivity index (χ3v) is 9.95. The Kier molecular flexibility index (Phi) is 8.30. The highest BCUT2D eigenvalue weighted by molar-refractivity contribution is 7.89. The van der Waals surface area contributed by atoms with E-state index in [0.717, 1.165) is 24.3 Å². The van der Waals surface area contributed by atoms with Crippen LogP contribution in [0.2, 0.25) is 5.02 Å².